The number of allylic oxidation sites excluding steroid dienone is 2. The molecule has 4 aliphatic rings. The SMILES string of the molecule is C1=CC2Cc3ccc([nH]3)CC3C=CC(=N3)CC3C=CC(CC1=N2)N3. The van der Waals surface area contributed by atoms with E-state index in [0.717, 1.165) is 25.7 Å². The molecule has 4 aliphatic heterocycles. The second kappa shape index (κ2) is 5.71. The Labute approximate surface area is 142 Å². The van der Waals surface area contributed by atoms with Crippen LogP contribution in [0.5, 0.6) is 0 Å². The van der Waals surface area contributed by atoms with Gasteiger partial charge in [-0.3, -0.25) is 9.98 Å². The number of fused-ring (bicyclic) bond motifs is 6. The van der Waals surface area contributed by atoms with Crippen molar-refractivity contribution in [2.75, 3.05) is 0 Å². The Hall–Kier alpha value is -2.20. The number of hydrogen-bond donors (Lipinski definition) is 2. The highest BCUT2D eigenvalue weighted by Gasteiger charge is 2.23. The first-order chi connectivity index (χ1) is 11.8. The zero-order chi connectivity index (χ0) is 15.9. The van der Waals surface area contributed by atoms with E-state index in [1.165, 1.54) is 22.8 Å². The molecule has 5 rings (SSSR count). The zero-order valence-electron chi connectivity index (χ0n) is 13.7. The minimum Gasteiger partial charge on any atom is -0.362 e. The van der Waals surface area contributed by atoms with Gasteiger partial charge in [-0.1, -0.05) is 24.3 Å². The van der Waals surface area contributed by atoms with E-state index in [1.54, 1.807) is 0 Å². The molecular weight excluding hydrogens is 296 g/mol. The number of aliphatic imine (C=N–C) groups is 2. The third-order valence-electron chi connectivity index (χ3n) is 5.21. The summed E-state index contributed by atoms with van der Waals surface area (Å²) in [6, 6.07) is 5.73. The summed E-state index contributed by atoms with van der Waals surface area (Å²) < 4.78 is 0. The summed E-state index contributed by atoms with van der Waals surface area (Å²) in [5, 5.41) is 3.69. The smallest absolute Gasteiger partial charge is 0.0741 e. The largest absolute Gasteiger partial charge is 0.362 e. The molecule has 24 heavy (non-hydrogen) atoms. The highest BCUT2D eigenvalue weighted by molar-refractivity contribution is 5.98. The molecule has 0 aliphatic carbocycles. The van der Waals surface area contributed by atoms with Crippen molar-refractivity contribution in [3.8, 4) is 0 Å². The van der Waals surface area contributed by atoms with E-state index in [1.807, 2.05) is 0 Å². The molecule has 4 heteroatoms. The minimum atomic E-state index is 0.275. The van der Waals surface area contributed by atoms with Gasteiger partial charge in [0.15, 0.2) is 0 Å². The van der Waals surface area contributed by atoms with Crippen molar-refractivity contribution in [3.05, 3.63) is 60.0 Å². The maximum absolute atomic E-state index is 4.88. The number of H-pyrrole nitrogens is 1. The van der Waals surface area contributed by atoms with Gasteiger partial charge in [-0.25, -0.2) is 0 Å². The van der Waals surface area contributed by atoms with Gasteiger partial charge in [0.2, 0.25) is 0 Å². The van der Waals surface area contributed by atoms with Crippen LogP contribution < -0.4 is 5.32 Å². The van der Waals surface area contributed by atoms with E-state index in [2.05, 4.69) is 58.9 Å². The van der Waals surface area contributed by atoms with Gasteiger partial charge in [0, 0.05) is 60.6 Å². The quantitative estimate of drug-likeness (QED) is 0.710. The standard InChI is InChI=1S/C20H22N4/c1-2-14-10-16-5-6-18(23-16)12-20-8-7-19(24-20)11-17-4-3-15(22-17)9-13(1)21-14/h1-8,13-14,17-18,21,24H,9-12H2. The highest BCUT2D eigenvalue weighted by atomic mass is 15.0. The molecule has 122 valence electrons. The number of aromatic nitrogens is 1. The summed E-state index contributed by atoms with van der Waals surface area (Å²) in [6.45, 7) is 0. The Balaban J connectivity index is 1.43. The minimum absolute atomic E-state index is 0.275. The van der Waals surface area contributed by atoms with Crippen molar-refractivity contribution in [2.24, 2.45) is 9.98 Å². The fourth-order valence-electron chi connectivity index (χ4n) is 4.05. The van der Waals surface area contributed by atoms with E-state index < -0.39 is 0 Å². The van der Waals surface area contributed by atoms with Gasteiger partial charge in [0.1, 0.15) is 0 Å². The Kier molecular flexibility index (Phi) is 3.37. The van der Waals surface area contributed by atoms with Crippen molar-refractivity contribution in [3.63, 3.8) is 0 Å². The highest BCUT2D eigenvalue weighted by Crippen LogP contribution is 2.20. The van der Waals surface area contributed by atoms with Crippen LogP contribution >= 0.6 is 0 Å². The molecule has 1 aromatic rings. The van der Waals surface area contributed by atoms with E-state index in [9.17, 15) is 0 Å². The van der Waals surface area contributed by atoms with Gasteiger partial charge < -0.3 is 10.3 Å². The first-order valence-electron chi connectivity index (χ1n) is 8.91. The average molecular weight is 318 g/mol. The molecule has 0 spiro atoms. The van der Waals surface area contributed by atoms with Crippen LogP contribution in [-0.4, -0.2) is 40.6 Å². The van der Waals surface area contributed by atoms with Crippen LogP contribution in [0.2, 0.25) is 0 Å². The second-order valence-electron chi connectivity index (χ2n) is 7.18. The molecule has 4 unspecified atom stereocenters. The van der Waals surface area contributed by atoms with Crippen LogP contribution in [0.3, 0.4) is 0 Å². The average Bonchev–Trinajstić information content (AvgIpc) is 3.32. The first-order valence-corrected chi connectivity index (χ1v) is 8.91. The van der Waals surface area contributed by atoms with E-state index >= 15 is 0 Å². The molecule has 5 heterocycles. The van der Waals surface area contributed by atoms with Crippen molar-refractivity contribution < 1.29 is 0 Å². The number of nitrogens with one attached hydrogen (secondary N) is 2. The van der Waals surface area contributed by atoms with Gasteiger partial charge >= 0.3 is 0 Å². The van der Waals surface area contributed by atoms with Gasteiger partial charge in [-0.2, -0.15) is 0 Å². The normalized spacial score (nSPS) is 33.8. The monoisotopic (exact) mass is 318 g/mol. The Bertz CT molecular complexity index is 730. The van der Waals surface area contributed by atoms with Crippen molar-refractivity contribution in [2.45, 2.75) is 49.9 Å². The number of hydrogen-bond acceptors (Lipinski definition) is 3. The molecule has 0 saturated carbocycles. The third kappa shape index (κ3) is 2.82. The molecule has 8 bridgehead atoms. The van der Waals surface area contributed by atoms with Crippen LogP contribution in [0.1, 0.15) is 24.2 Å². The van der Waals surface area contributed by atoms with Crippen LogP contribution in [0.4, 0.5) is 0 Å². The van der Waals surface area contributed by atoms with Crippen molar-refractivity contribution in [1.29, 1.82) is 0 Å². The summed E-state index contributed by atoms with van der Waals surface area (Å²) in [7, 11) is 0. The van der Waals surface area contributed by atoms with E-state index in [0.29, 0.717) is 12.1 Å². The number of nitrogens with zero attached hydrogens (tertiary/aromatic N) is 2. The van der Waals surface area contributed by atoms with Gasteiger partial charge in [-0.05, 0) is 24.3 Å². The zero-order valence-corrected chi connectivity index (χ0v) is 13.7. The molecule has 0 radical (unpaired) electrons. The molecular formula is C20H22N4. The Morgan fingerprint density at radius 2 is 1.25 bits per heavy atom. The fraction of sp³-hybridized carbons (Fsp3) is 0.400. The van der Waals surface area contributed by atoms with E-state index in [-0.39, 0.29) is 12.1 Å². The molecule has 4 atom stereocenters. The van der Waals surface area contributed by atoms with Crippen LogP contribution in [0.15, 0.2) is 58.6 Å². The molecule has 1 aromatic heterocycles. The maximum Gasteiger partial charge on any atom is 0.0741 e. The van der Waals surface area contributed by atoms with Gasteiger partial charge in [-0.15, -0.1) is 0 Å². The molecule has 0 saturated heterocycles. The molecule has 4 nitrogen and oxygen atoms in total. The maximum atomic E-state index is 4.88. The predicted molar refractivity (Wildman–Crippen MR) is 98.0 cm³/mol. The lowest BCUT2D eigenvalue weighted by Gasteiger charge is -2.14. The molecule has 2 N–H and O–H groups in total. The molecule has 0 fully saturated rings. The lowest BCUT2D eigenvalue weighted by molar-refractivity contribution is 0.587. The Morgan fingerprint density at radius 3 is 1.79 bits per heavy atom. The topological polar surface area (TPSA) is 52.5 Å². The van der Waals surface area contributed by atoms with Crippen LogP contribution in [-0.2, 0) is 12.8 Å². The third-order valence-corrected chi connectivity index (χ3v) is 5.21. The van der Waals surface area contributed by atoms with Gasteiger partial charge in [0.25, 0.3) is 0 Å². The lowest BCUT2D eigenvalue weighted by atomic mass is 10.1. The summed E-state index contributed by atoms with van der Waals surface area (Å²) >= 11 is 0. The molecule has 0 aromatic carbocycles. The first kappa shape index (κ1) is 14.2. The number of rotatable bonds is 0. The summed E-state index contributed by atoms with van der Waals surface area (Å²) in [4.78, 5) is 13.3. The van der Waals surface area contributed by atoms with Crippen molar-refractivity contribution in [1.82, 2.24) is 10.3 Å². The predicted octanol–water partition coefficient (Wildman–Crippen LogP) is 2.55. The summed E-state index contributed by atoms with van der Waals surface area (Å²) in [6.07, 6.45) is 17.3. The van der Waals surface area contributed by atoms with Crippen molar-refractivity contribution >= 4 is 11.4 Å². The lowest BCUT2D eigenvalue weighted by Crippen LogP contribution is -2.33. The summed E-state index contributed by atoms with van der Waals surface area (Å²) in [5.41, 5.74) is 4.95. The van der Waals surface area contributed by atoms with Crippen LogP contribution in [0.25, 0.3) is 0 Å². The second-order valence-corrected chi connectivity index (χ2v) is 7.18. The molecule has 0 amide bonds. The van der Waals surface area contributed by atoms with Gasteiger partial charge in [0.05, 0.1) is 12.1 Å². The number of aromatic amines is 1. The Morgan fingerprint density at radius 1 is 0.708 bits per heavy atom. The van der Waals surface area contributed by atoms with E-state index in [4.69, 9.17) is 9.98 Å². The fourth-order valence-corrected chi connectivity index (χ4v) is 4.05. The van der Waals surface area contributed by atoms with Crippen LogP contribution in [0, 0.1) is 0 Å². The summed E-state index contributed by atoms with van der Waals surface area (Å²) in [5.74, 6) is 0.